The summed E-state index contributed by atoms with van der Waals surface area (Å²) in [5.41, 5.74) is 2.96. The van der Waals surface area contributed by atoms with Crippen molar-refractivity contribution in [2.45, 2.75) is 12.8 Å². The first-order chi connectivity index (χ1) is 14.0. The van der Waals surface area contributed by atoms with E-state index in [-0.39, 0.29) is 18.3 Å². The molecule has 0 spiro atoms. The molecule has 0 aliphatic heterocycles. The summed E-state index contributed by atoms with van der Waals surface area (Å²) in [7, 11) is 4.72. The van der Waals surface area contributed by atoms with E-state index in [9.17, 15) is 9.59 Å². The average molecular weight is 392 g/mol. The predicted octanol–water partition coefficient (Wildman–Crippen LogP) is 3.94. The first kappa shape index (κ1) is 20.3. The van der Waals surface area contributed by atoms with Crippen molar-refractivity contribution in [3.05, 3.63) is 60.2 Å². The molecule has 3 aromatic rings. The van der Waals surface area contributed by atoms with Crippen LogP contribution < -0.4 is 4.74 Å². The molecule has 0 aliphatic carbocycles. The SMILES string of the molecule is COC(=O)CCCN(C)C(=O)c1cc(-c2ccc(OC)cc2)nc2ccccc12. The third kappa shape index (κ3) is 4.71. The van der Waals surface area contributed by atoms with Crippen molar-refractivity contribution in [2.75, 3.05) is 27.8 Å². The van der Waals surface area contributed by atoms with Crippen LogP contribution >= 0.6 is 0 Å². The number of carbonyl (C=O) groups is 2. The summed E-state index contributed by atoms with van der Waals surface area (Å²) in [6.45, 7) is 0.461. The molecule has 0 bridgehead atoms. The molecule has 0 N–H and O–H groups in total. The van der Waals surface area contributed by atoms with E-state index in [4.69, 9.17) is 9.72 Å². The molecule has 0 unspecified atom stereocenters. The molecule has 29 heavy (non-hydrogen) atoms. The Bertz CT molecular complexity index is 1020. The van der Waals surface area contributed by atoms with E-state index in [1.165, 1.54) is 7.11 Å². The molecule has 1 aromatic heterocycles. The van der Waals surface area contributed by atoms with Gasteiger partial charge in [0.05, 0.1) is 31.0 Å². The van der Waals surface area contributed by atoms with Crippen LogP contribution in [0.4, 0.5) is 0 Å². The quantitative estimate of drug-likeness (QED) is 0.570. The Kier molecular flexibility index (Phi) is 6.44. The maximum absolute atomic E-state index is 13.1. The summed E-state index contributed by atoms with van der Waals surface area (Å²) in [6.07, 6.45) is 0.825. The molecule has 0 saturated heterocycles. The summed E-state index contributed by atoms with van der Waals surface area (Å²) >= 11 is 0. The van der Waals surface area contributed by atoms with Crippen LogP contribution in [0.5, 0.6) is 5.75 Å². The summed E-state index contributed by atoms with van der Waals surface area (Å²) in [5, 5.41) is 0.801. The highest BCUT2D eigenvalue weighted by atomic mass is 16.5. The van der Waals surface area contributed by atoms with Crippen molar-refractivity contribution in [1.29, 1.82) is 0 Å². The third-order valence-electron chi connectivity index (χ3n) is 4.78. The number of aromatic nitrogens is 1. The maximum Gasteiger partial charge on any atom is 0.305 e. The van der Waals surface area contributed by atoms with Gasteiger partial charge < -0.3 is 14.4 Å². The molecule has 6 nitrogen and oxygen atoms in total. The second kappa shape index (κ2) is 9.19. The van der Waals surface area contributed by atoms with Gasteiger partial charge in [0.25, 0.3) is 5.91 Å². The lowest BCUT2D eigenvalue weighted by Gasteiger charge is -2.18. The van der Waals surface area contributed by atoms with Gasteiger partial charge in [0.2, 0.25) is 0 Å². The van der Waals surface area contributed by atoms with E-state index >= 15 is 0 Å². The lowest BCUT2D eigenvalue weighted by atomic mass is 10.0. The van der Waals surface area contributed by atoms with Gasteiger partial charge in [0.1, 0.15) is 5.75 Å². The van der Waals surface area contributed by atoms with Crippen molar-refractivity contribution < 1.29 is 19.1 Å². The number of methoxy groups -OCH3 is 2. The molecular formula is C23H24N2O4. The number of fused-ring (bicyclic) bond motifs is 1. The van der Waals surface area contributed by atoms with Crippen LogP contribution in [0.3, 0.4) is 0 Å². The van der Waals surface area contributed by atoms with Crippen LogP contribution in [0.25, 0.3) is 22.2 Å². The second-order valence-corrected chi connectivity index (χ2v) is 6.71. The topological polar surface area (TPSA) is 68.7 Å². The number of hydrogen-bond donors (Lipinski definition) is 0. The molecule has 0 aliphatic rings. The van der Waals surface area contributed by atoms with Gasteiger partial charge >= 0.3 is 5.97 Å². The lowest BCUT2D eigenvalue weighted by Crippen LogP contribution is -2.28. The molecule has 1 amide bonds. The number of nitrogens with zero attached hydrogens (tertiary/aromatic N) is 2. The maximum atomic E-state index is 13.1. The molecule has 0 radical (unpaired) electrons. The monoisotopic (exact) mass is 392 g/mol. The fourth-order valence-corrected chi connectivity index (χ4v) is 3.13. The smallest absolute Gasteiger partial charge is 0.305 e. The number of amides is 1. The zero-order valence-corrected chi connectivity index (χ0v) is 16.8. The summed E-state index contributed by atoms with van der Waals surface area (Å²) in [4.78, 5) is 30.8. The number of ether oxygens (including phenoxy) is 2. The Labute approximate surface area is 170 Å². The lowest BCUT2D eigenvalue weighted by molar-refractivity contribution is -0.140. The summed E-state index contributed by atoms with van der Waals surface area (Å²) in [5.74, 6) is 0.376. The average Bonchev–Trinajstić information content (AvgIpc) is 2.77. The third-order valence-corrected chi connectivity index (χ3v) is 4.78. The van der Waals surface area contributed by atoms with Crippen molar-refractivity contribution >= 4 is 22.8 Å². The normalized spacial score (nSPS) is 10.6. The number of esters is 1. The Morgan fingerprint density at radius 2 is 1.76 bits per heavy atom. The zero-order chi connectivity index (χ0) is 20.8. The highest BCUT2D eigenvalue weighted by molar-refractivity contribution is 6.07. The van der Waals surface area contributed by atoms with E-state index < -0.39 is 0 Å². The van der Waals surface area contributed by atoms with Crippen LogP contribution in [0, 0.1) is 0 Å². The van der Waals surface area contributed by atoms with Gasteiger partial charge in [0, 0.05) is 31.0 Å². The Balaban J connectivity index is 1.93. The highest BCUT2D eigenvalue weighted by Crippen LogP contribution is 2.27. The summed E-state index contributed by atoms with van der Waals surface area (Å²) < 4.78 is 9.87. The summed E-state index contributed by atoms with van der Waals surface area (Å²) in [6, 6.07) is 17.0. The van der Waals surface area contributed by atoms with Crippen molar-refractivity contribution in [3.63, 3.8) is 0 Å². The second-order valence-electron chi connectivity index (χ2n) is 6.71. The van der Waals surface area contributed by atoms with Crippen LogP contribution in [0.1, 0.15) is 23.2 Å². The Hall–Kier alpha value is -3.41. The van der Waals surface area contributed by atoms with Crippen LogP contribution in [-0.4, -0.2) is 49.6 Å². The van der Waals surface area contributed by atoms with Crippen molar-refractivity contribution in [2.24, 2.45) is 0 Å². The highest BCUT2D eigenvalue weighted by Gasteiger charge is 2.17. The van der Waals surface area contributed by atoms with Gasteiger partial charge in [-0.05, 0) is 42.8 Å². The minimum absolute atomic E-state index is 0.108. The van der Waals surface area contributed by atoms with Gasteiger partial charge in [-0.25, -0.2) is 4.98 Å². The molecule has 2 aromatic carbocycles. The van der Waals surface area contributed by atoms with Crippen LogP contribution in [0.15, 0.2) is 54.6 Å². The molecule has 3 rings (SSSR count). The molecule has 0 fully saturated rings. The van der Waals surface area contributed by atoms with Gasteiger partial charge in [0.15, 0.2) is 0 Å². The van der Waals surface area contributed by atoms with E-state index in [1.807, 2.05) is 54.6 Å². The largest absolute Gasteiger partial charge is 0.497 e. The number of pyridine rings is 1. The van der Waals surface area contributed by atoms with Gasteiger partial charge in [-0.3, -0.25) is 9.59 Å². The van der Waals surface area contributed by atoms with Crippen molar-refractivity contribution in [3.8, 4) is 17.0 Å². The molecular weight excluding hydrogens is 368 g/mol. The minimum atomic E-state index is -0.276. The zero-order valence-electron chi connectivity index (χ0n) is 16.8. The van der Waals surface area contributed by atoms with Crippen LogP contribution in [-0.2, 0) is 9.53 Å². The number of benzene rings is 2. The molecule has 1 heterocycles. The molecule has 6 heteroatoms. The Morgan fingerprint density at radius 1 is 1.03 bits per heavy atom. The number of hydrogen-bond acceptors (Lipinski definition) is 5. The number of carbonyl (C=O) groups excluding carboxylic acids is 2. The fourth-order valence-electron chi connectivity index (χ4n) is 3.13. The predicted molar refractivity (Wildman–Crippen MR) is 112 cm³/mol. The number of para-hydroxylation sites is 1. The van der Waals surface area contributed by atoms with Gasteiger partial charge in [-0.1, -0.05) is 18.2 Å². The molecule has 150 valence electrons. The van der Waals surface area contributed by atoms with Crippen molar-refractivity contribution in [1.82, 2.24) is 9.88 Å². The van der Waals surface area contributed by atoms with Gasteiger partial charge in [-0.15, -0.1) is 0 Å². The van der Waals surface area contributed by atoms with Crippen LogP contribution in [0.2, 0.25) is 0 Å². The van der Waals surface area contributed by atoms with E-state index in [2.05, 4.69) is 4.74 Å². The minimum Gasteiger partial charge on any atom is -0.497 e. The van der Waals surface area contributed by atoms with E-state index in [0.717, 1.165) is 27.9 Å². The first-order valence-electron chi connectivity index (χ1n) is 9.40. The first-order valence-corrected chi connectivity index (χ1v) is 9.40. The van der Waals surface area contributed by atoms with E-state index in [1.54, 1.807) is 19.1 Å². The standard InChI is InChI=1S/C23H24N2O4/c1-25(14-6-9-22(26)29-3)23(27)19-15-21(16-10-12-17(28-2)13-11-16)24-20-8-5-4-7-18(19)20/h4-5,7-8,10-13,15H,6,9,14H2,1-3H3. The van der Waals surface area contributed by atoms with Gasteiger partial charge in [-0.2, -0.15) is 0 Å². The number of rotatable bonds is 7. The Morgan fingerprint density at radius 3 is 2.45 bits per heavy atom. The van der Waals surface area contributed by atoms with E-state index in [0.29, 0.717) is 18.5 Å². The fraction of sp³-hybridized carbons (Fsp3) is 0.261. The molecule has 0 saturated carbocycles. The molecule has 0 atom stereocenters.